The number of fused-ring (bicyclic) bond motifs is 9. The van der Waals surface area contributed by atoms with Crippen molar-refractivity contribution in [2.24, 2.45) is 35.5 Å². The Morgan fingerprint density at radius 1 is 0.633 bits per heavy atom. The lowest BCUT2D eigenvalue weighted by molar-refractivity contribution is -0.134. The van der Waals surface area contributed by atoms with Gasteiger partial charge >= 0.3 is 11.9 Å². The molecule has 3 fully saturated rings. The molecule has 0 radical (unpaired) electrons. The van der Waals surface area contributed by atoms with Gasteiger partial charge in [0.25, 0.3) is 0 Å². The summed E-state index contributed by atoms with van der Waals surface area (Å²) in [5.74, 6) is 2.97. The average molecular weight is 400 g/mol. The van der Waals surface area contributed by atoms with E-state index in [1.54, 1.807) is 24.3 Å². The molecule has 2 aromatic rings. The van der Waals surface area contributed by atoms with Crippen LogP contribution >= 0.6 is 0 Å². The van der Waals surface area contributed by atoms with Crippen molar-refractivity contribution in [3.63, 3.8) is 0 Å². The summed E-state index contributed by atoms with van der Waals surface area (Å²) in [6.07, 6.45) is 4.67. The summed E-state index contributed by atoms with van der Waals surface area (Å²) in [4.78, 5) is 26.6. The molecule has 0 amide bonds. The maximum Gasteiger partial charge on any atom is 0.340 e. The third-order valence-electron chi connectivity index (χ3n) is 7.86. The zero-order valence-electron chi connectivity index (χ0n) is 16.7. The van der Waals surface area contributed by atoms with Crippen molar-refractivity contribution in [2.45, 2.75) is 25.7 Å². The van der Waals surface area contributed by atoms with E-state index in [-0.39, 0.29) is 23.8 Å². The number of rotatable bonds is 4. The second-order valence-corrected chi connectivity index (χ2v) is 9.17. The van der Waals surface area contributed by atoms with Gasteiger partial charge < -0.3 is 9.47 Å². The van der Waals surface area contributed by atoms with Crippen molar-refractivity contribution in [1.29, 1.82) is 0 Å². The number of hydrogen-bond donors (Lipinski definition) is 0. The summed E-state index contributed by atoms with van der Waals surface area (Å²) in [6.45, 7) is 0. The van der Waals surface area contributed by atoms with Crippen LogP contribution in [0.1, 0.15) is 25.7 Å². The molecule has 6 rings (SSSR count). The molecule has 6 atom stereocenters. The number of hydrogen-bond acceptors (Lipinski definition) is 4. The molecule has 4 heteroatoms. The molecule has 30 heavy (non-hydrogen) atoms. The second kappa shape index (κ2) is 6.83. The van der Waals surface area contributed by atoms with Crippen LogP contribution in [0.4, 0.5) is 0 Å². The lowest BCUT2D eigenvalue weighted by Crippen LogP contribution is -2.35. The van der Waals surface area contributed by atoms with Crippen LogP contribution in [0, 0.1) is 35.5 Å². The molecule has 0 heterocycles. The lowest BCUT2D eigenvalue weighted by atomic mass is 9.69. The first kappa shape index (κ1) is 17.9. The van der Waals surface area contributed by atoms with Crippen LogP contribution in [0.25, 0.3) is 0 Å². The summed E-state index contributed by atoms with van der Waals surface area (Å²) in [5.41, 5.74) is 1.16. The van der Waals surface area contributed by atoms with E-state index >= 15 is 0 Å². The van der Waals surface area contributed by atoms with Crippen molar-refractivity contribution in [3.05, 3.63) is 71.8 Å². The first-order valence-electron chi connectivity index (χ1n) is 11.0. The smallest absolute Gasteiger partial charge is 0.340 e. The minimum absolute atomic E-state index is 0.129. The first-order valence-corrected chi connectivity index (χ1v) is 11.0. The van der Waals surface area contributed by atoms with Gasteiger partial charge in [-0.25, -0.2) is 9.59 Å². The third-order valence-corrected chi connectivity index (χ3v) is 7.86. The molecule has 0 spiro atoms. The highest BCUT2D eigenvalue weighted by Gasteiger charge is 2.64. The summed E-state index contributed by atoms with van der Waals surface area (Å²) < 4.78 is 11.4. The van der Waals surface area contributed by atoms with Gasteiger partial charge in [0.15, 0.2) is 0 Å². The number of ether oxygens (including phenoxy) is 2. The van der Waals surface area contributed by atoms with E-state index in [9.17, 15) is 9.59 Å². The Kier molecular flexibility index (Phi) is 4.08. The van der Waals surface area contributed by atoms with E-state index in [4.69, 9.17) is 9.47 Å². The predicted molar refractivity (Wildman–Crippen MR) is 111 cm³/mol. The largest absolute Gasteiger partial charge is 0.423 e. The highest BCUT2D eigenvalue weighted by molar-refractivity contribution is 6.04. The Bertz CT molecular complexity index is 944. The summed E-state index contributed by atoms with van der Waals surface area (Å²) in [6, 6.07) is 18.2. The van der Waals surface area contributed by atoms with E-state index in [0.717, 1.165) is 6.42 Å². The number of esters is 2. The molecular weight excluding hydrogens is 376 g/mol. The van der Waals surface area contributed by atoms with Crippen molar-refractivity contribution in [1.82, 2.24) is 0 Å². The Hall–Kier alpha value is -2.88. The molecule has 0 N–H and O–H groups in total. The van der Waals surface area contributed by atoms with Crippen LogP contribution in [0.3, 0.4) is 0 Å². The van der Waals surface area contributed by atoms with Crippen molar-refractivity contribution >= 4 is 11.9 Å². The van der Waals surface area contributed by atoms with E-state index in [0.29, 0.717) is 46.3 Å². The van der Waals surface area contributed by atoms with Crippen LogP contribution < -0.4 is 9.47 Å². The minimum atomic E-state index is -0.380. The molecule has 0 aliphatic heterocycles. The molecule has 3 saturated carbocycles. The van der Waals surface area contributed by atoms with Gasteiger partial charge in [-0.2, -0.15) is 0 Å². The van der Waals surface area contributed by atoms with Gasteiger partial charge in [-0.15, -0.1) is 0 Å². The standard InChI is InChI=1S/C26H24O4/c27-25(29-17-7-3-1-4-8-17)23-19-14-20(22-16-12-11-15(13-16)21(19)22)24(23)26(28)30-18-9-5-2-6-10-18/h1-10,15-16,19-22H,11-14H2. The van der Waals surface area contributed by atoms with Gasteiger partial charge in [-0.3, -0.25) is 0 Å². The third kappa shape index (κ3) is 2.66. The Morgan fingerprint density at radius 3 is 1.50 bits per heavy atom. The normalized spacial score (nSPS) is 32.9. The summed E-state index contributed by atoms with van der Waals surface area (Å²) >= 11 is 0. The fourth-order valence-corrected chi connectivity index (χ4v) is 7.01. The van der Waals surface area contributed by atoms with E-state index < -0.39 is 0 Å². The molecule has 4 nitrogen and oxygen atoms in total. The molecule has 0 saturated heterocycles. The fourth-order valence-electron chi connectivity index (χ4n) is 7.01. The van der Waals surface area contributed by atoms with Gasteiger partial charge in [0, 0.05) is 0 Å². The molecule has 0 aromatic heterocycles. The van der Waals surface area contributed by atoms with Crippen LogP contribution in [0.5, 0.6) is 11.5 Å². The number of carbonyl (C=O) groups excluding carboxylic acids is 2. The highest BCUT2D eigenvalue weighted by atomic mass is 16.5. The lowest BCUT2D eigenvalue weighted by Gasteiger charge is -2.35. The topological polar surface area (TPSA) is 52.6 Å². The molecule has 6 unspecified atom stereocenters. The predicted octanol–water partition coefficient (Wildman–Crippen LogP) is 4.81. The average Bonchev–Trinajstić information content (AvgIpc) is 3.53. The van der Waals surface area contributed by atoms with E-state index in [2.05, 4.69) is 0 Å². The van der Waals surface area contributed by atoms with Gasteiger partial charge in [-0.05, 0) is 85.5 Å². The van der Waals surface area contributed by atoms with Gasteiger partial charge in [0.05, 0.1) is 11.1 Å². The van der Waals surface area contributed by atoms with Gasteiger partial charge in [0.1, 0.15) is 11.5 Å². The SMILES string of the molecule is O=C(Oc1ccccc1)C1=C(C(=O)Oc2ccccc2)C2CC1C1C3CCC(C3)C21. The molecule has 4 aliphatic rings. The zero-order valence-corrected chi connectivity index (χ0v) is 16.7. The highest BCUT2D eigenvalue weighted by Crippen LogP contribution is 2.68. The van der Waals surface area contributed by atoms with Crippen molar-refractivity contribution in [3.8, 4) is 11.5 Å². The van der Waals surface area contributed by atoms with Crippen molar-refractivity contribution in [2.75, 3.05) is 0 Å². The first-order chi connectivity index (χ1) is 14.7. The van der Waals surface area contributed by atoms with E-state index in [1.807, 2.05) is 36.4 Å². The van der Waals surface area contributed by atoms with E-state index in [1.165, 1.54) is 19.3 Å². The molecular formula is C26H24O4. The maximum atomic E-state index is 13.3. The zero-order chi connectivity index (χ0) is 20.2. The van der Waals surface area contributed by atoms with Gasteiger partial charge in [-0.1, -0.05) is 36.4 Å². The Morgan fingerprint density at radius 2 is 1.07 bits per heavy atom. The fraction of sp³-hybridized carbons (Fsp3) is 0.385. The summed E-state index contributed by atoms with van der Waals surface area (Å²) in [5, 5.41) is 0. The van der Waals surface area contributed by atoms with Crippen LogP contribution in [0.2, 0.25) is 0 Å². The van der Waals surface area contributed by atoms with Crippen LogP contribution in [-0.2, 0) is 9.59 Å². The quantitative estimate of drug-likeness (QED) is 0.420. The monoisotopic (exact) mass is 400 g/mol. The van der Waals surface area contributed by atoms with Crippen LogP contribution in [-0.4, -0.2) is 11.9 Å². The molecule has 4 bridgehead atoms. The number of carbonyl (C=O) groups is 2. The molecule has 4 aliphatic carbocycles. The number of benzene rings is 2. The Balaban J connectivity index is 1.37. The van der Waals surface area contributed by atoms with Gasteiger partial charge in [0.2, 0.25) is 0 Å². The number of para-hydroxylation sites is 2. The van der Waals surface area contributed by atoms with Crippen molar-refractivity contribution < 1.29 is 19.1 Å². The maximum absolute atomic E-state index is 13.3. The minimum Gasteiger partial charge on any atom is -0.423 e. The van der Waals surface area contributed by atoms with Crippen LogP contribution in [0.15, 0.2) is 71.8 Å². The molecule has 2 aromatic carbocycles. The Labute approximate surface area is 175 Å². The second-order valence-electron chi connectivity index (χ2n) is 9.17. The molecule has 152 valence electrons. The summed E-state index contributed by atoms with van der Waals surface area (Å²) in [7, 11) is 0.